The van der Waals surface area contributed by atoms with Crippen LogP contribution >= 0.6 is 0 Å². The van der Waals surface area contributed by atoms with Crippen LogP contribution in [0.15, 0.2) is 54.6 Å². The molecule has 0 amide bonds. The molecule has 1 aromatic heterocycles. The number of nitrogens with one attached hydrogen (secondary N) is 2. The molecule has 0 aliphatic rings. The zero-order chi connectivity index (χ0) is 18.7. The largest absolute Gasteiger partial charge is 0.340 e. The molecule has 3 rings (SSSR count). The fourth-order valence-corrected chi connectivity index (χ4v) is 2.59. The Morgan fingerprint density at radius 2 is 1.58 bits per heavy atom. The molecule has 0 atom stereocenters. The molecule has 2 aromatic carbocycles. The first kappa shape index (κ1) is 17.9. The molecule has 0 saturated heterocycles. The molecule has 1 heterocycles. The topological polar surface area (TPSA) is 49.8 Å². The summed E-state index contributed by atoms with van der Waals surface area (Å²) in [7, 11) is 0. The highest BCUT2D eigenvalue weighted by Crippen LogP contribution is 2.25. The molecule has 26 heavy (non-hydrogen) atoms. The lowest BCUT2D eigenvalue weighted by Crippen LogP contribution is -2.10. The van der Waals surface area contributed by atoms with Crippen molar-refractivity contribution in [2.45, 2.75) is 33.1 Å². The Morgan fingerprint density at radius 3 is 2.23 bits per heavy atom. The third-order valence-electron chi connectivity index (χ3n) is 3.96. The Bertz CT molecular complexity index is 899. The van der Waals surface area contributed by atoms with E-state index in [0.29, 0.717) is 17.5 Å². The smallest absolute Gasteiger partial charge is 0.229 e. The van der Waals surface area contributed by atoms with Crippen LogP contribution in [0.25, 0.3) is 0 Å². The molecule has 3 aromatic rings. The van der Waals surface area contributed by atoms with Gasteiger partial charge in [0.15, 0.2) is 0 Å². The van der Waals surface area contributed by atoms with Gasteiger partial charge in [0, 0.05) is 23.1 Å². The van der Waals surface area contributed by atoms with Crippen LogP contribution in [0, 0.1) is 12.7 Å². The summed E-state index contributed by atoms with van der Waals surface area (Å²) in [6, 6.07) is 16.3. The van der Waals surface area contributed by atoms with Crippen LogP contribution in [0.5, 0.6) is 0 Å². The van der Waals surface area contributed by atoms with Crippen molar-refractivity contribution < 1.29 is 4.39 Å². The van der Waals surface area contributed by atoms with Crippen molar-refractivity contribution in [1.82, 2.24) is 9.97 Å². The molecular formula is C21H23FN4. The van der Waals surface area contributed by atoms with Gasteiger partial charge in [-0.2, -0.15) is 4.98 Å². The summed E-state index contributed by atoms with van der Waals surface area (Å²) in [5.41, 5.74) is 3.75. The van der Waals surface area contributed by atoms with E-state index in [4.69, 9.17) is 0 Å². The van der Waals surface area contributed by atoms with Gasteiger partial charge in [-0.3, -0.25) is 0 Å². The van der Waals surface area contributed by atoms with Gasteiger partial charge in [0.2, 0.25) is 5.95 Å². The minimum absolute atomic E-state index is 0.112. The predicted molar refractivity (Wildman–Crippen MR) is 105 cm³/mol. The molecule has 0 saturated carbocycles. The SMILES string of the molecule is Cc1cc(Nc2cccc(F)c2)nc(Nc2ccc(C(C)(C)C)cc2)n1. The highest BCUT2D eigenvalue weighted by Gasteiger charge is 2.13. The van der Waals surface area contributed by atoms with E-state index in [1.54, 1.807) is 12.1 Å². The van der Waals surface area contributed by atoms with Crippen molar-refractivity contribution in [3.05, 3.63) is 71.7 Å². The van der Waals surface area contributed by atoms with E-state index in [0.717, 1.165) is 11.4 Å². The van der Waals surface area contributed by atoms with Gasteiger partial charge in [-0.15, -0.1) is 0 Å². The lowest BCUT2D eigenvalue weighted by molar-refractivity contribution is 0.590. The quantitative estimate of drug-likeness (QED) is 0.633. The summed E-state index contributed by atoms with van der Waals surface area (Å²) in [6.45, 7) is 8.45. The van der Waals surface area contributed by atoms with Crippen LogP contribution < -0.4 is 10.6 Å². The first-order chi connectivity index (χ1) is 12.3. The third-order valence-corrected chi connectivity index (χ3v) is 3.96. The van der Waals surface area contributed by atoms with E-state index in [2.05, 4.69) is 53.5 Å². The summed E-state index contributed by atoms with van der Waals surface area (Å²) in [4.78, 5) is 8.89. The third kappa shape index (κ3) is 4.57. The second-order valence-corrected chi connectivity index (χ2v) is 7.31. The number of hydrogen-bond acceptors (Lipinski definition) is 4. The second-order valence-electron chi connectivity index (χ2n) is 7.31. The number of hydrogen-bond donors (Lipinski definition) is 2. The van der Waals surface area contributed by atoms with E-state index in [-0.39, 0.29) is 11.2 Å². The Balaban J connectivity index is 1.79. The maximum atomic E-state index is 13.3. The molecule has 0 unspecified atom stereocenters. The fourth-order valence-electron chi connectivity index (χ4n) is 2.59. The van der Waals surface area contributed by atoms with Gasteiger partial charge in [-0.1, -0.05) is 39.0 Å². The molecular weight excluding hydrogens is 327 g/mol. The van der Waals surface area contributed by atoms with Gasteiger partial charge in [0.25, 0.3) is 0 Å². The summed E-state index contributed by atoms with van der Waals surface area (Å²) >= 11 is 0. The second kappa shape index (κ2) is 7.12. The average molecular weight is 350 g/mol. The zero-order valence-corrected chi connectivity index (χ0v) is 15.5. The van der Waals surface area contributed by atoms with E-state index in [1.807, 2.05) is 25.1 Å². The van der Waals surface area contributed by atoms with Crippen molar-refractivity contribution in [3.8, 4) is 0 Å². The van der Waals surface area contributed by atoms with Gasteiger partial charge in [0.1, 0.15) is 11.6 Å². The molecule has 0 aliphatic heterocycles. The normalized spacial score (nSPS) is 11.3. The van der Waals surface area contributed by atoms with Crippen molar-refractivity contribution in [2.75, 3.05) is 10.6 Å². The fraction of sp³-hybridized carbons (Fsp3) is 0.238. The van der Waals surface area contributed by atoms with Gasteiger partial charge >= 0.3 is 0 Å². The number of aromatic nitrogens is 2. The zero-order valence-electron chi connectivity index (χ0n) is 15.5. The Morgan fingerprint density at radius 1 is 0.846 bits per heavy atom. The summed E-state index contributed by atoms with van der Waals surface area (Å²) in [5.74, 6) is 0.808. The summed E-state index contributed by atoms with van der Waals surface area (Å²) in [6.07, 6.45) is 0. The van der Waals surface area contributed by atoms with Crippen LogP contribution in [0.1, 0.15) is 32.0 Å². The maximum Gasteiger partial charge on any atom is 0.229 e. The standard InChI is InChI=1S/C21H23FN4/c1-14-12-19(24-18-7-5-6-16(22)13-18)26-20(23-14)25-17-10-8-15(9-11-17)21(2,3)4/h5-13H,1-4H3,(H2,23,24,25,26). The van der Waals surface area contributed by atoms with Gasteiger partial charge in [0.05, 0.1) is 0 Å². The molecule has 2 N–H and O–H groups in total. The number of halogens is 1. The maximum absolute atomic E-state index is 13.3. The lowest BCUT2D eigenvalue weighted by Gasteiger charge is -2.19. The number of rotatable bonds is 4. The van der Waals surface area contributed by atoms with Crippen molar-refractivity contribution in [2.24, 2.45) is 0 Å². The molecule has 0 fully saturated rings. The Labute approximate surface area is 153 Å². The molecule has 134 valence electrons. The van der Waals surface area contributed by atoms with Crippen molar-refractivity contribution in [1.29, 1.82) is 0 Å². The highest BCUT2D eigenvalue weighted by atomic mass is 19.1. The van der Waals surface area contributed by atoms with E-state index < -0.39 is 0 Å². The highest BCUT2D eigenvalue weighted by molar-refractivity contribution is 5.60. The Hall–Kier alpha value is -2.95. The number of aryl methyl sites for hydroxylation is 1. The van der Waals surface area contributed by atoms with Crippen molar-refractivity contribution in [3.63, 3.8) is 0 Å². The summed E-state index contributed by atoms with van der Waals surface area (Å²) < 4.78 is 13.3. The van der Waals surface area contributed by atoms with Crippen LogP contribution in [-0.4, -0.2) is 9.97 Å². The molecule has 0 radical (unpaired) electrons. The van der Waals surface area contributed by atoms with Crippen LogP contribution in [0.3, 0.4) is 0 Å². The van der Waals surface area contributed by atoms with Gasteiger partial charge in [-0.25, -0.2) is 9.37 Å². The van der Waals surface area contributed by atoms with E-state index >= 15 is 0 Å². The minimum atomic E-state index is -0.293. The summed E-state index contributed by atoms with van der Waals surface area (Å²) in [5, 5.41) is 6.33. The number of anilines is 4. The molecule has 0 aliphatic carbocycles. The van der Waals surface area contributed by atoms with E-state index in [9.17, 15) is 4.39 Å². The monoisotopic (exact) mass is 350 g/mol. The molecule has 5 heteroatoms. The average Bonchev–Trinajstić information content (AvgIpc) is 2.54. The molecule has 0 spiro atoms. The Kier molecular flexibility index (Phi) is 4.89. The van der Waals surface area contributed by atoms with Crippen molar-refractivity contribution >= 4 is 23.1 Å². The minimum Gasteiger partial charge on any atom is -0.340 e. The first-order valence-electron chi connectivity index (χ1n) is 8.55. The first-order valence-corrected chi connectivity index (χ1v) is 8.55. The van der Waals surface area contributed by atoms with Crippen LogP contribution in [-0.2, 0) is 5.41 Å². The van der Waals surface area contributed by atoms with E-state index in [1.165, 1.54) is 17.7 Å². The van der Waals surface area contributed by atoms with Crippen LogP contribution in [0.4, 0.5) is 27.5 Å². The molecule has 0 bridgehead atoms. The number of nitrogens with zero attached hydrogens (tertiary/aromatic N) is 2. The number of benzene rings is 2. The van der Waals surface area contributed by atoms with Gasteiger partial charge < -0.3 is 10.6 Å². The molecule has 4 nitrogen and oxygen atoms in total. The van der Waals surface area contributed by atoms with Crippen LogP contribution in [0.2, 0.25) is 0 Å². The van der Waals surface area contributed by atoms with Gasteiger partial charge in [-0.05, 0) is 48.2 Å². The lowest BCUT2D eigenvalue weighted by atomic mass is 9.87. The predicted octanol–water partition coefficient (Wildman–Crippen LogP) is 5.71.